The van der Waals surface area contributed by atoms with Crippen LogP contribution in [0.3, 0.4) is 0 Å². The monoisotopic (exact) mass is 507 g/mol. The molecule has 4 rings (SSSR count). The fraction of sp³-hybridized carbons (Fsp3) is 0.630. The van der Waals surface area contributed by atoms with Gasteiger partial charge in [0.1, 0.15) is 5.82 Å². The Morgan fingerprint density at radius 3 is 2.34 bits per heavy atom. The molecule has 0 atom stereocenters. The van der Waals surface area contributed by atoms with E-state index in [9.17, 15) is 4.79 Å². The molecule has 0 saturated heterocycles. The van der Waals surface area contributed by atoms with Gasteiger partial charge in [-0.15, -0.1) is 5.56 Å². The predicted molar refractivity (Wildman–Crippen MR) is 138 cm³/mol. The average molecular weight is 508 g/mol. The van der Waals surface area contributed by atoms with Crippen molar-refractivity contribution in [2.75, 3.05) is 13.1 Å². The Bertz CT molecular complexity index is 903. The van der Waals surface area contributed by atoms with Gasteiger partial charge in [-0.2, -0.15) is 0 Å². The minimum atomic E-state index is 0. The van der Waals surface area contributed by atoms with Crippen LogP contribution in [0.5, 0.6) is 0 Å². The fourth-order valence-corrected chi connectivity index (χ4v) is 3.97. The van der Waals surface area contributed by atoms with Crippen LogP contribution >= 0.6 is 0 Å². The number of nitrogens with zero attached hydrogens (tertiary/aromatic N) is 5. The van der Waals surface area contributed by atoms with Gasteiger partial charge < -0.3 is 27.6 Å². The molecule has 0 radical (unpaired) electrons. The first kappa shape index (κ1) is 34.2. The van der Waals surface area contributed by atoms with E-state index in [0.29, 0.717) is 18.4 Å². The molecule has 0 bridgehead atoms. The molecule has 7 nitrogen and oxygen atoms in total. The maximum Gasteiger partial charge on any atom is 1.00 e. The molecule has 0 aromatic carbocycles. The van der Waals surface area contributed by atoms with Gasteiger partial charge in [0, 0.05) is 31.4 Å². The van der Waals surface area contributed by atoms with Gasteiger partial charge in [0.05, 0.1) is 11.4 Å². The van der Waals surface area contributed by atoms with Crippen molar-refractivity contribution in [2.24, 2.45) is 0 Å². The first-order chi connectivity index (χ1) is 15.9. The molecule has 8 heteroatoms. The minimum Gasteiger partial charge on any atom is -0.373 e. The Morgan fingerprint density at radius 2 is 1.71 bits per heavy atom. The number of rotatable bonds is 3. The van der Waals surface area contributed by atoms with Crippen LogP contribution in [0.1, 0.15) is 106 Å². The second-order valence-corrected chi connectivity index (χ2v) is 8.97. The van der Waals surface area contributed by atoms with Crippen molar-refractivity contribution in [3.63, 3.8) is 0 Å². The number of hydrogen-bond acceptors (Lipinski definition) is 6. The number of nitrogens with one attached hydrogen (secondary N) is 1. The van der Waals surface area contributed by atoms with Crippen LogP contribution in [0.25, 0.3) is 0 Å². The Labute approximate surface area is 256 Å². The van der Waals surface area contributed by atoms with Crippen LogP contribution in [0.2, 0.25) is 0 Å². The number of carbonyl (C=O) groups is 1. The molecule has 0 fully saturated rings. The quantitative estimate of drug-likeness (QED) is 0.387. The standard InChI is InChI=1S/C14H23N3.C10H12N3O.C2H6.CH3.K/c1-9(2)13-11-6-5-7-15-8-12(11)16-14(17-13)10(3)4;1-8-11-5-9-3-2-4-13(7-14)6-10(9)12-8;1-2;;/h9-10,15H,5-8H2,1-4H3;7H,2-4,6H2,1H3;1-2H3;1H3;/q;-1;;-1;+1. The molecule has 190 valence electrons. The molecule has 4 heterocycles. The van der Waals surface area contributed by atoms with E-state index < -0.39 is 0 Å². The summed E-state index contributed by atoms with van der Waals surface area (Å²) in [5, 5.41) is 3.45. The molecule has 2 aliphatic heterocycles. The van der Waals surface area contributed by atoms with Crippen LogP contribution in [0, 0.1) is 20.5 Å². The van der Waals surface area contributed by atoms with E-state index in [1.807, 2.05) is 20.8 Å². The number of aryl methyl sites for hydroxylation is 2. The number of amides is 1. The largest absolute Gasteiger partial charge is 1.00 e. The van der Waals surface area contributed by atoms with E-state index in [-0.39, 0.29) is 58.8 Å². The third-order valence-corrected chi connectivity index (χ3v) is 5.65. The zero-order valence-electron chi connectivity index (χ0n) is 23.5. The summed E-state index contributed by atoms with van der Waals surface area (Å²) in [7, 11) is 0. The zero-order chi connectivity index (χ0) is 24.4. The molecule has 2 aromatic rings. The summed E-state index contributed by atoms with van der Waals surface area (Å²) in [5.74, 6) is 2.61. The Morgan fingerprint density at radius 1 is 1.00 bits per heavy atom. The SMILES string of the molecule is CC.CC(C)c1nc2c(c(C(C)C)n1)CCCNC2.Cc1n[c-]c2c(n1)CN(C=O)CCC2.[CH3-].[K+]. The summed E-state index contributed by atoms with van der Waals surface area (Å²) < 4.78 is 0. The minimum absolute atomic E-state index is 0. The van der Waals surface area contributed by atoms with Gasteiger partial charge in [-0.1, -0.05) is 54.7 Å². The van der Waals surface area contributed by atoms with Crippen LogP contribution in [-0.2, 0) is 30.7 Å². The van der Waals surface area contributed by atoms with E-state index in [1.54, 1.807) is 4.90 Å². The third kappa shape index (κ3) is 10.2. The Balaban J connectivity index is 0.000000593. The van der Waals surface area contributed by atoms with Gasteiger partial charge in [-0.05, 0) is 49.4 Å². The fourth-order valence-electron chi connectivity index (χ4n) is 3.97. The second-order valence-electron chi connectivity index (χ2n) is 8.97. The number of hydrogen-bond donors (Lipinski definition) is 1. The normalized spacial score (nSPS) is 14.4. The Kier molecular flexibility index (Phi) is 17.3. The molecule has 0 aliphatic carbocycles. The van der Waals surface area contributed by atoms with Crippen LogP contribution in [0.15, 0.2) is 0 Å². The van der Waals surface area contributed by atoms with Gasteiger partial charge in [-0.3, -0.25) is 4.79 Å². The smallest absolute Gasteiger partial charge is 0.373 e. The van der Waals surface area contributed by atoms with Crippen LogP contribution in [-0.4, -0.2) is 44.3 Å². The van der Waals surface area contributed by atoms with E-state index in [2.05, 4.69) is 49.2 Å². The Hall–Kier alpha value is -0.774. The summed E-state index contributed by atoms with van der Waals surface area (Å²) in [4.78, 5) is 30.3. The van der Waals surface area contributed by atoms with Crippen molar-refractivity contribution in [1.29, 1.82) is 0 Å². The van der Waals surface area contributed by atoms with E-state index in [4.69, 9.17) is 9.97 Å². The zero-order valence-corrected chi connectivity index (χ0v) is 26.7. The van der Waals surface area contributed by atoms with Gasteiger partial charge in [-0.25, -0.2) is 9.97 Å². The van der Waals surface area contributed by atoms with E-state index in [0.717, 1.165) is 68.2 Å². The molecule has 0 saturated carbocycles. The molecular formula is C27H44KN6O-. The maximum absolute atomic E-state index is 10.7. The average Bonchev–Trinajstić information content (AvgIpc) is 3.17. The number of fused-ring (bicyclic) bond motifs is 2. The first-order valence-electron chi connectivity index (χ1n) is 12.4. The maximum atomic E-state index is 10.7. The van der Waals surface area contributed by atoms with Crippen molar-refractivity contribution < 1.29 is 56.2 Å². The van der Waals surface area contributed by atoms with E-state index >= 15 is 0 Å². The number of aromatic nitrogens is 4. The van der Waals surface area contributed by atoms with Gasteiger partial charge in [0.2, 0.25) is 6.41 Å². The summed E-state index contributed by atoms with van der Waals surface area (Å²) in [5.41, 5.74) is 5.89. The number of carbonyl (C=O) groups excluding carboxylic acids is 1. The predicted octanol–water partition coefficient (Wildman–Crippen LogP) is 1.73. The van der Waals surface area contributed by atoms with Gasteiger partial charge in [0.25, 0.3) is 0 Å². The summed E-state index contributed by atoms with van der Waals surface area (Å²) >= 11 is 0. The molecular weight excluding hydrogens is 463 g/mol. The van der Waals surface area contributed by atoms with E-state index in [1.165, 1.54) is 23.4 Å². The first-order valence-corrected chi connectivity index (χ1v) is 12.4. The summed E-state index contributed by atoms with van der Waals surface area (Å²) in [6.07, 6.45) is 8.06. The van der Waals surface area contributed by atoms with Crippen molar-refractivity contribution >= 4 is 6.41 Å². The topological polar surface area (TPSA) is 83.9 Å². The molecule has 0 unspecified atom stereocenters. The molecule has 1 N–H and O–H groups in total. The molecule has 2 aromatic heterocycles. The molecule has 1 amide bonds. The van der Waals surface area contributed by atoms with Crippen molar-refractivity contribution in [1.82, 2.24) is 30.2 Å². The summed E-state index contributed by atoms with van der Waals surface area (Å²) in [6, 6.07) is 0. The third-order valence-electron chi connectivity index (χ3n) is 5.65. The van der Waals surface area contributed by atoms with Crippen LogP contribution in [0.4, 0.5) is 0 Å². The molecule has 2 aliphatic rings. The molecule has 0 spiro atoms. The second kappa shape index (κ2) is 17.6. The van der Waals surface area contributed by atoms with Gasteiger partial charge >= 0.3 is 51.4 Å². The van der Waals surface area contributed by atoms with Gasteiger partial charge in [0.15, 0.2) is 0 Å². The molecule has 35 heavy (non-hydrogen) atoms. The van der Waals surface area contributed by atoms with Crippen molar-refractivity contribution in [2.45, 2.75) is 99.1 Å². The van der Waals surface area contributed by atoms with Crippen molar-refractivity contribution in [3.05, 3.63) is 53.5 Å². The van der Waals surface area contributed by atoms with Crippen LogP contribution < -0.4 is 56.7 Å². The van der Waals surface area contributed by atoms with Crippen molar-refractivity contribution in [3.8, 4) is 0 Å². The summed E-state index contributed by atoms with van der Waals surface area (Å²) in [6.45, 7) is 18.0.